The molecule has 0 saturated carbocycles. The van der Waals surface area contributed by atoms with Crippen LogP contribution in [0.25, 0.3) is 49.7 Å². The largest absolute Gasteiger partial charge is 0.309 e. The van der Waals surface area contributed by atoms with E-state index in [4.69, 9.17) is 0 Å². The molecule has 10 aromatic carbocycles. The van der Waals surface area contributed by atoms with Crippen LogP contribution in [0.15, 0.2) is 249 Å². The average Bonchev–Trinajstić information content (AvgIpc) is 3.87. The summed E-state index contributed by atoms with van der Waals surface area (Å²) in [4.78, 5) is 5.01. The van der Waals surface area contributed by atoms with Crippen molar-refractivity contribution < 1.29 is 0 Å². The Morgan fingerprint density at radius 2 is 0.828 bits per heavy atom. The molecular weight excluding hydrogens is 775 g/mol. The predicted octanol–water partition coefficient (Wildman–Crippen LogP) is 16.1. The summed E-state index contributed by atoms with van der Waals surface area (Å²) < 4.78 is 2.38. The molecule has 1 aliphatic heterocycles. The Kier molecular flexibility index (Phi) is 8.13. The van der Waals surface area contributed by atoms with Crippen molar-refractivity contribution in [1.82, 2.24) is 4.57 Å². The second kappa shape index (κ2) is 14.3. The van der Waals surface area contributed by atoms with E-state index < -0.39 is 5.41 Å². The van der Waals surface area contributed by atoms with Gasteiger partial charge in [0.15, 0.2) is 0 Å². The van der Waals surface area contributed by atoms with Gasteiger partial charge in [-0.15, -0.1) is 0 Å². The smallest absolute Gasteiger partial charge is 0.0785 e. The van der Waals surface area contributed by atoms with E-state index in [0.717, 1.165) is 39.7 Å². The third kappa shape index (κ3) is 5.22. The number of benzene rings is 10. The van der Waals surface area contributed by atoms with Crippen LogP contribution < -0.4 is 9.80 Å². The summed E-state index contributed by atoms with van der Waals surface area (Å²) in [5.41, 5.74) is 19.7. The molecule has 0 amide bonds. The van der Waals surface area contributed by atoms with Crippen LogP contribution >= 0.6 is 0 Å². The van der Waals surface area contributed by atoms with Crippen LogP contribution in [0.2, 0.25) is 0 Å². The lowest BCUT2D eigenvalue weighted by atomic mass is 9.67. The van der Waals surface area contributed by atoms with E-state index in [2.05, 4.69) is 263 Å². The molecule has 0 radical (unpaired) electrons. The quantitative estimate of drug-likeness (QED) is 0.166. The van der Waals surface area contributed by atoms with Crippen molar-refractivity contribution >= 4 is 55.9 Å². The van der Waals surface area contributed by atoms with Crippen molar-refractivity contribution in [3.05, 3.63) is 271 Å². The Bertz CT molecular complexity index is 3500. The molecule has 3 nitrogen and oxygen atoms in total. The van der Waals surface area contributed by atoms with Crippen molar-refractivity contribution in [1.29, 1.82) is 0 Å². The molecule has 2 heterocycles. The highest BCUT2D eigenvalue weighted by molar-refractivity contribution is 6.12. The highest BCUT2D eigenvalue weighted by atomic mass is 15.3. The molecule has 0 atom stereocenters. The zero-order valence-electron chi connectivity index (χ0n) is 35.0. The van der Waals surface area contributed by atoms with Gasteiger partial charge in [-0.1, -0.05) is 176 Å². The van der Waals surface area contributed by atoms with E-state index in [9.17, 15) is 0 Å². The Labute approximate surface area is 373 Å². The van der Waals surface area contributed by atoms with Gasteiger partial charge < -0.3 is 14.4 Å². The monoisotopic (exact) mass is 815 g/mol. The van der Waals surface area contributed by atoms with Gasteiger partial charge in [0.2, 0.25) is 0 Å². The van der Waals surface area contributed by atoms with Crippen LogP contribution in [0.4, 0.5) is 34.1 Å². The molecule has 1 aromatic heterocycles. The maximum atomic E-state index is 2.52. The van der Waals surface area contributed by atoms with E-state index in [1.807, 2.05) is 0 Å². The second-order valence-electron chi connectivity index (χ2n) is 16.8. The maximum Gasteiger partial charge on any atom is 0.0785 e. The van der Waals surface area contributed by atoms with Crippen LogP contribution in [0.3, 0.4) is 0 Å². The van der Waals surface area contributed by atoms with Crippen molar-refractivity contribution in [2.75, 3.05) is 9.80 Å². The first kappa shape index (κ1) is 36.3. The number of hydrogen-bond donors (Lipinski definition) is 0. The Balaban J connectivity index is 1.08. The Morgan fingerprint density at radius 1 is 0.312 bits per heavy atom. The molecule has 64 heavy (non-hydrogen) atoms. The molecule has 1 aliphatic carbocycles. The summed E-state index contributed by atoms with van der Waals surface area (Å²) >= 11 is 0. The topological polar surface area (TPSA) is 11.4 Å². The molecular formula is C61H41N3. The lowest BCUT2D eigenvalue weighted by Crippen LogP contribution is -2.29. The van der Waals surface area contributed by atoms with Gasteiger partial charge in [0, 0.05) is 33.4 Å². The first-order valence-electron chi connectivity index (χ1n) is 22.1. The Hall–Kier alpha value is -8.40. The second-order valence-corrected chi connectivity index (χ2v) is 16.8. The molecule has 13 rings (SSSR count). The molecule has 300 valence electrons. The van der Waals surface area contributed by atoms with Gasteiger partial charge in [-0.3, -0.25) is 0 Å². The third-order valence-corrected chi connectivity index (χ3v) is 13.5. The number of nitrogens with zero attached hydrogens (tertiary/aromatic N) is 3. The van der Waals surface area contributed by atoms with Crippen LogP contribution in [0.1, 0.15) is 22.3 Å². The zero-order chi connectivity index (χ0) is 42.2. The minimum atomic E-state index is -0.532. The average molecular weight is 816 g/mol. The standard InChI is InChI=1S/C61H41N3/c1-6-20-44(21-7-1)61(45-22-8-2-9-23-45)52-32-18-16-31-50(52)59-53(61)36-39-57-60(59)64(48-28-14-5-15-29-48)56-38-35-43(41-58(56)63(57)47-26-12-4-13-27-47)42-34-37-55-51(40-42)49-30-17-19-33-54(49)62(55)46-24-10-3-11-25-46/h1-41H. The van der Waals surface area contributed by atoms with Crippen molar-refractivity contribution in [3.8, 4) is 27.9 Å². The van der Waals surface area contributed by atoms with Crippen LogP contribution in [-0.4, -0.2) is 4.57 Å². The summed E-state index contributed by atoms with van der Waals surface area (Å²) in [6.07, 6.45) is 0. The van der Waals surface area contributed by atoms with Gasteiger partial charge in [-0.05, 0) is 112 Å². The number of anilines is 6. The Morgan fingerprint density at radius 3 is 1.52 bits per heavy atom. The summed E-state index contributed by atoms with van der Waals surface area (Å²) in [5.74, 6) is 0. The molecule has 0 spiro atoms. The molecule has 0 bridgehead atoms. The summed E-state index contributed by atoms with van der Waals surface area (Å²) in [6, 6.07) is 91.3. The van der Waals surface area contributed by atoms with Crippen molar-refractivity contribution in [2.45, 2.75) is 5.41 Å². The third-order valence-electron chi connectivity index (χ3n) is 13.5. The fraction of sp³-hybridized carbons (Fsp3) is 0.0164. The number of fused-ring (bicyclic) bond motifs is 9. The van der Waals surface area contributed by atoms with E-state index in [1.165, 1.54) is 66.4 Å². The predicted molar refractivity (Wildman–Crippen MR) is 266 cm³/mol. The van der Waals surface area contributed by atoms with E-state index in [0.29, 0.717) is 0 Å². The minimum absolute atomic E-state index is 0.532. The van der Waals surface area contributed by atoms with Crippen molar-refractivity contribution in [2.24, 2.45) is 0 Å². The van der Waals surface area contributed by atoms with Crippen LogP contribution in [0, 0.1) is 0 Å². The van der Waals surface area contributed by atoms with Gasteiger partial charge in [0.05, 0.1) is 39.2 Å². The van der Waals surface area contributed by atoms with Gasteiger partial charge in [-0.2, -0.15) is 0 Å². The number of hydrogen-bond acceptors (Lipinski definition) is 2. The molecule has 2 aliphatic rings. The highest BCUT2D eigenvalue weighted by Crippen LogP contribution is 2.65. The molecule has 0 fully saturated rings. The van der Waals surface area contributed by atoms with E-state index >= 15 is 0 Å². The first-order chi connectivity index (χ1) is 31.8. The fourth-order valence-electron chi connectivity index (χ4n) is 10.9. The maximum absolute atomic E-state index is 2.52. The van der Waals surface area contributed by atoms with E-state index in [-0.39, 0.29) is 0 Å². The fourth-order valence-corrected chi connectivity index (χ4v) is 10.9. The molecule has 0 N–H and O–H groups in total. The summed E-state index contributed by atoms with van der Waals surface area (Å²) in [7, 11) is 0. The first-order valence-corrected chi connectivity index (χ1v) is 22.1. The van der Waals surface area contributed by atoms with Gasteiger partial charge in [0.1, 0.15) is 0 Å². The molecule has 3 heteroatoms. The molecule has 11 aromatic rings. The summed E-state index contributed by atoms with van der Waals surface area (Å²) in [6.45, 7) is 0. The summed E-state index contributed by atoms with van der Waals surface area (Å²) in [5, 5.41) is 2.48. The van der Waals surface area contributed by atoms with Gasteiger partial charge >= 0.3 is 0 Å². The van der Waals surface area contributed by atoms with Crippen molar-refractivity contribution in [3.63, 3.8) is 0 Å². The zero-order valence-corrected chi connectivity index (χ0v) is 35.0. The highest BCUT2D eigenvalue weighted by Gasteiger charge is 2.49. The number of aromatic nitrogens is 1. The lowest BCUT2D eigenvalue weighted by molar-refractivity contribution is 0.768. The minimum Gasteiger partial charge on any atom is -0.309 e. The molecule has 0 saturated heterocycles. The van der Waals surface area contributed by atoms with Gasteiger partial charge in [-0.25, -0.2) is 0 Å². The lowest BCUT2D eigenvalue weighted by Gasteiger charge is -2.42. The number of rotatable bonds is 6. The number of para-hydroxylation sites is 4. The SMILES string of the molecule is c1ccc(N2c3cc(-c4ccc5c(c4)c4ccccc4n5-c4ccccc4)ccc3N(c3ccccc3)c3c2ccc2c3-c3ccccc3C2(c2ccccc2)c2ccccc2)cc1. The van der Waals surface area contributed by atoms with Crippen LogP contribution in [-0.2, 0) is 5.41 Å². The molecule has 0 unspecified atom stereocenters. The van der Waals surface area contributed by atoms with Gasteiger partial charge in [0.25, 0.3) is 0 Å². The van der Waals surface area contributed by atoms with Crippen LogP contribution in [0.5, 0.6) is 0 Å². The normalized spacial score (nSPS) is 13.4. The van der Waals surface area contributed by atoms with E-state index in [1.54, 1.807) is 0 Å².